The van der Waals surface area contributed by atoms with Crippen molar-refractivity contribution in [1.29, 1.82) is 0 Å². The van der Waals surface area contributed by atoms with Crippen LogP contribution in [0.25, 0.3) is 11.0 Å². The number of carbonyl (C=O) groups excluding carboxylic acids is 1. The third kappa shape index (κ3) is 4.10. The van der Waals surface area contributed by atoms with Gasteiger partial charge in [-0.25, -0.2) is 4.98 Å². The van der Waals surface area contributed by atoms with Gasteiger partial charge in [-0.05, 0) is 36.8 Å². The Bertz CT molecular complexity index is 843. The summed E-state index contributed by atoms with van der Waals surface area (Å²) in [6.45, 7) is 9.79. The van der Waals surface area contributed by atoms with Crippen LogP contribution in [0, 0.1) is 19.3 Å². The first-order chi connectivity index (χ1) is 11.5. The summed E-state index contributed by atoms with van der Waals surface area (Å²) in [5, 5.41) is 16.1. The zero-order valence-corrected chi connectivity index (χ0v) is 15.9. The van der Waals surface area contributed by atoms with Crippen LogP contribution in [0.3, 0.4) is 0 Å². The van der Waals surface area contributed by atoms with E-state index in [4.69, 9.17) is 0 Å². The van der Waals surface area contributed by atoms with Gasteiger partial charge in [0.1, 0.15) is 0 Å². The van der Waals surface area contributed by atoms with Crippen molar-refractivity contribution in [2.45, 2.75) is 53.6 Å². The van der Waals surface area contributed by atoms with Gasteiger partial charge in [-0.1, -0.05) is 20.8 Å². The van der Waals surface area contributed by atoms with E-state index in [1.54, 1.807) is 11.7 Å². The van der Waals surface area contributed by atoms with Crippen LogP contribution in [0.4, 0.5) is 0 Å². The Morgan fingerprint density at radius 3 is 2.60 bits per heavy atom. The number of pyridine rings is 1. The number of aliphatic hydroxyl groups excluding tert-OH is 1. The summed E-state index contributed by atoms with van der Waals surface area (Å²) < 4.78 is 1.61. The lowest BCUT2D eigenvalue weighted by molar-refractivity contribution is -0.121. The summed E-state index contributed by atoms with van der Waals surface area (Å²) in [4.78, 5) is 28.7. The van der Waals surface area contributed by atoms with Crippen molar-refractivity contribution < 1.29 is 9.90 Å². The lowest BCUT2D eigenvalue weighted by Gasteiger charge is -2.25. The number of rotatable bonds is 5. The first-order valence-corrected chi connectivity index (χ1v) is 8.52. The highest BCUT2D eigenvalue weighted by atomic mass is 16.3. The molecule has 0 fully saturated rings. The van der Waals surface area contributed by atoms with Gasteiger partial charge in [0, 0.05) is 25.7 Å². The van der Waals surface area contributed by atoms with Crippen molar-refractivity contribution in [2.75, 3.05) is 6.54 Å². The van der Waals surface area contributed by atoms with Gasteiger partial charge < -0.3 is 10.4 Å². The van der Waals surface area contributed by atoms with Gasteiger partial charge in [0.25, 0.3) is 5.56 Å². The SMILES string of the molecule is Cc1nc2c(c(C)c1CCC(=O)NCC(O)C(C)(C)C)c(=O)[nH]n2C. The number of aryl methyl sites for hydroxylation is 3. The standard InChI is InChI=1S/C18H28N4O3/c1-10-12(7-8-14(24)19-9-13(23)18(3,4)5)11(2)20-16-15(10)17(25)21-22(16)6/h13,23H,7-9H2,1-6H3,(H,19,24)(H,21,25). The molecular formula is C18H28N4O3. The third-order valence-electron chi connectivity index (χ3n) is 4.67. The average Bonchev–Trinajstić information content (AvgIpc) is 2.77. The molecule has 0 saturated carbocycles. The molecule has 1 amide bonds. The molecule has 0 aromatic carbocycles. The van der Waals surface area contributed by atoms with Crippen LogP contribution in [0.2, 0.25) is 0 Å². The molecule has 3 N–H and O–H groups in total. The zero-order chi connectivity index (χ0) is 18.9. The molecule has 2 heterocycles. The van der Waals surface area contributed by atoms with Crippen molar-refractivity contribution in [1.82, 2.24) is 20.1 Å². The molecule has 0 spiro atoms. The highest BCUT2D eigenvalue weighted by Gasteiger charge is 2.22. The maximum Gasteiger partial charge on any atom is 0.273 e. The summed E-state index contributed by atoms with van der Waals surface area (Å²) >= 11 is 0. The molecule has 1 unspecified atom stereocenters. The summed E-state index contributed by atoms with van der Waals surface area (Å²) in [5.41, 5.74) is 2.80. The normalized spacial score (nSPS) is 13.2. The molecule has 138 valence electrons. The summed E-state index contributed by atoms with van der Waals surface area (Å²) in [6, 6.07) is 0. The monoisotopic (exact) mass is 348 g/mol. The minimum atomic E-state index is -0.596. The van der Waals surface area contributed by atoms with E-state index in [-0.39, 0.29) is 29.8 Å². The predicted molar refractivity (Wildman–Crippen MR) is 97.6 cm³/mol. The number of hydrogen-bond donors (Lipinski definition) is 3. The second kappa shape index (κ2) is 7.00. The molecular weight excluding hydrogens is 320 g/mol. The van der Waals surface area contributed by atoms with E-state index in [1.807, 2.05) is 34.6 Å². The van der Waals surface area contributed by atoms with Gasteiger partial charge in [0.15, 0.2) is 5.65 Å². The van der Waals surface area contributed by atoms with E-state index in [0.717, 1.165) is 16.8 Å². The van der Waals surface area contributed by atoms with Crippen molar-refractivity contribution in [3.8, 4) is 0 Å². The molecule has 7 nitrogen and oxygen atoms in total. The number of aromatic amines is 1. The second-order valence-corrected chi connectivity index (χ2v) is 7.69. The average molecular weight is 348 g/mol. The van der Waals surface area contributed by atoms with Crippen LogP contribution in [-0.2, 0) is 18.3 Å². The van der Waals surface area contributed by atoms with Crippen molar-refractivity contribution >= 4 is 16.9 Å². The fraction of sp³-hybridized carbons (Fsp3) is 0.611. The molecule has 0 aliphatic rings. The smallest absolute Gasteiger partial charge is 0.273 e. The molecule has 1 atom stereocenters. The number of nitrogens with zero attached hydrogens (tertiary/aromatic N) is 2. The van der Waals surface area contributed by atoms with Crippen LogP contribution >= 0.6 is 0 Å². The molecule has 25 heavy (non-hydrogen) atoms. The Hall–Kier alpha value is -2.15. The van der Waals surface area contributed by atoms with Gasteiger partial charge in [-0.3, -0.25) is 19.4 Å². The summed E-state index contributed by atoms with van der Waals surface area (Å²) in [6.07, 6.45) is 0.198. The second-order valence-electron chi connectivity index (χ2n) is 7.69. The lowest BCUT2D eigenvalue weighted by atomic mass is 9.89. The molecule has 2 aromatic heterocycles. The van der Waals surface area contributed by atoms with E-state index < -0.39 is 6.10 Å². The number of H-pyrrole nitrogens is 1. The highest BCUT2D eigenvalue weighted by Crippen LogP contribution is 2.21. The zero-order valence-electron chi connectivity index (χ0n) is 15.9. The van der Waals surface area contributed by atoms with Crippen LogP contribution in [-0.4, -0.2) is 38.4 Å². The fourth-order valence-electron chi connectivity index (χ4n) is 2.86. The quantitative estimate of drug-likeness (QED) is 0.759. The number of hydrogen-bond acceptors (Lipinski definition) is 4. The van der Waals surface area contributed by atoms with Crippen molar-refractivity contribution in [2.24, 2.45) is 12.5 Å². The first kappa shape index (κ1) is 19.2. The molecule has 2 aromatic rings. The van der Waals surface area contributed by atoms with E-state index in [2.05, 4.69) is 15.4 Å². The maximum atomic E-state index is 12.1. The highest BCUT2D eigenvalue weighted by molar-refractivity contribution is 5.81. The van der Waals surface area contributed by atoms with Crippen molar-refractivity contribution in [3.05, 3.63) is 27.2 Å². The lowest BCUT2D eigenvalue weighted by Crippen LogP contribution is -2.39. The van der Waals surface area contributed by atoms with Gasteiger partial charge in [0.2, 0.25) is 5.91 Å². The summed E-state index contributed by atoms with van der Waals surface area (Å²) in [7, 11) is 1.75. The fourth-order valence-corrected chi connectivity index (χ4v) is 2.86. The van der Waals surface area contributed by atoms with Crippen LogP contribution in [0.1, 0.15) is 44.0 Å². The van der Waals surface area contributed by atoms with E-state index in [9.17, 15) is 14.7 Å². The van der Waals surface area contributed by atoms with Crippen molar-refractivity contribution in [3.63, 3.8) is 0 Å². The molecule has 0 saturated heterocycles. The number of carbonyl (C=O) groups is 1. The Kier molecular flexibility index (Phi) is 5.37. The van der Waals surface area contributed by atoms with Crippen LogP contribution < -0.4 is 10.9 Å². The molecule has 7 heteroatoms. The van der Waals surface area contributed by atoms with E-state index >= 15 is 0 Å². The van der Waals surface area contributed by atoms with E-state index in [0.29, 0.717) is 17.5 Å². The Balaban J connectivity index is 2.10. The van der Waals surface area contributed by atoms with E-state index in [1.165, 1.54) is 0 Å². The molecule has 0 aliphatic heterocycles. The predicted octanol–water partition coefficient (Wildman–Crippen LogP) is 1.33. The summed E-state index contributed by atoms with van der Waals surface area (Å²) in [5.74, 6) is -0.121. The van der Waals surface area contributed by atoms with Crippen LogP contribution in [0.5, 0.6) is 0 Å². The molecule has 0 aliphatic carbocycles. The minimum Gasteiger partial charge on any atom is -0.391 e. The minimum absolute atomic E-state index is 0.121. The number of amides is 1. The Morgan fingerprint density at radius 2 is 2.00 bits per heavy atom. The molecule has 0 bridgehead atoms. The van der Waals surface area contributed by atoms with Gasteiger partial charge in [-0.15, -0.1) is 0 Å². The van der Waals surface area contributed by atoms with Crippen LogP contribution in [0.15, 0.2) is 4.79 Å². The van der Waals surface area contributed by atoms with Gasteiger partial charge >= 0.3 is 0 Å². The Labute approximate surface area is 147 Å². The number of aromatic nitrogens is 3. The maximum absolute atomic E-state index is 12.1. The number of nitrogens with one attached hydrogen (secondary N) is 2. The largest absolute Gasteiger partial charge is 0.391 e. The Morgan fingerprint density at radius 1 is 1.36 bits per heavy atom. The van der Waals surface area contributed by atoms with Gasteiger partial charge in [0.05, 0.1) is 11.5 Å². The first-order valence-electron chi connectivity index (χ1n) is 8.52. The molecule has 0 radical (unpaired) electrons. The third-order valence-corrected chi connectivity index (χ3v) is 4.67. The molecule has 2 rings (SSSR count). The number of fused-ring (bicyclic) bond motifs is 1. The number of aliphatic hydroxyl groups is 1. The topological polar surface area (TPSA) is 100 Å². The van der Waals surface area contributed by atoms with Gasteiger partial charge in [-0.2, -0.15) is 0 Å².